The molecule has 0 aliphatic heterocycles. The smallest absolute Gasteiger partial charge is 0.313 e. The van der Waals surface area contributed by atoms with E-state index in [0.717, 1.165) is 16.2 Å². The van der Waals surface area contributed by atoms with Crippen LogP contribution in [0.4, 0.5) is 0 Å². The molecule has 0 aliphatic rings. The quantitative estimate of drug-likeness (QED) is 0.824. The highest BCUT2D eigenvalue weighted by Gasteiger charge is 2.14. The molecule has 0 radical (unpaired) electrons. The van der Waals surface area contributed by atoms with Gasteiger partial charge in [0.05, 0.1) is 12.9 Å². The van der Waals surface area contributed by atoms with Gasteiger partial charge in [0.25, 0.3) is 0 Å². The van der Waals surface area contributed by atoms with Crippen LogP contribution in [-0.2, 0) is 4.79 Å². The molecule has 19 heavy (non-hydrogen) atoms. The first-order chi connectivity index (χ1) is 9.11. The minimum atomic E-state index is -0.930. The van der Waals surface area contributed by atoms with Gasteiger partial charge in [-0.25, -0.2) is 0 Å². The van der Waals surface area contributed by atoms with Gasteiger partial charge in [-0.15, -0.1) is 5.10 Å². The molecule has 0 spiro atoms. The summed E-state index contributed by atoms with van der Waals surface area (Å²) in [5, 5.41) is 20.3. The first kappa shape index (κ1) is 13.8. The Balaban J connectivity index is 2.39. The Labute approximate surface area is 121 Å². The largest absolute Gasteiger partial charge is 0.494 e. The average molecular weight is 345 g/mol. The normalized spacial score (nSPS) is 10.4. The molecule has 0 aliphatic carbocycles. The lowest BCUT2D eigenvalue weighted by Gasteiger charge is -2.09. The number of aliphatic carboxylic acids is 1. The van der Waals surface area contributed by atoms with Crippen molar-refractivity contribution in [3.63, 3.8) is 0 Å². The first-order valence-electron chi connectivity index (χ1n) is 5.08. The fourth-order valence-electron chi connectivity index (χ4n) is 1.38. The highest BCUT2D eigenvalue weighted by molar-refractivity contribution is 9.10. The third-order valence-corrected chi connectivity index (χ3v) is 3.53. The van der Waals surface area contributed by atoms with Crippen molar-refractivity contribution in [3.05, 3.63) is 22.7 Å². The molecule has 0 saturated carbocycles. The Kier molecular flexibility index (Phi) is 4.38. The third-order valence-electron chi connectivity index (χ3n) is 2.13. The van der Waals surface area contributed by atoms with Gasteiger partial charge in [-0.2, -0.15) is 4.68 Å². The van der Waals surface area contributed by atoms with Crippen LogP contribution in [0.25, 0.3) is 5.69 Å². The number of nitrogens with zero attached hydrogens (tertiary/aromatic N) is 4. The monoisotopic (exact) mass is 344 g/mol. The number of halogens is 1. The predicted octanol–water partition coefficient (Wildman–Crippen LogP) is 1.61. The van der Waals surface area contributed by atoms with Crippen molar-refractivity contribution in [1.29, 1.82) is 0 Å². The van der Waals surface area contributed by atoms with Crippen LogP contribution in [0.1, 0.15) is 0 Å². The molecule has 1 heterocycles. The molecule has 0 atom stereocenters. The number of tetrazole rings is 1. The summed E-state index contributed by atoms with van der Waals surface area (Å²) in [7, 11) is 1.54. The number of hydrogen-bond acceptors (Lipinski definition) is 6. The Hall–Kier alpha value is -1.61. The van der Waals surface area contributed by atoms with Crippen molar-refractivity contribution in [1.82, 2.24) is 20.2 Å². The summed E-state index contributed by atoms with van der Waals surface area (Å²) in [5.41, 5.74) is 0.634. The Bertz CT molecular complexity index is 604. The van der Waals surface area contributed by atoms with Gasteiger partial charge in [0.2, 0.25) is 5.16 Å². The van der Waals surface area contributed by atoms with E-state index in [1.165, 1.54) is 4.68 Å². The Morgan fingerprint density at radius 3 is 3.05 bits per heavy atom. The van der Waals surface area contributed by atoms with Gasteiger partial charge in [0.15, 0.2) is 0 Å². The molecule has 0 unspecified atom stereocenters. The van der Waals surface area contributed by atoms with Crippen LogP contribution >= 0.6 is 27.7 Å². The maximum absolute atomic E-state index is 10.6. The van der Waals surface area contributed by atoms with Crippen molar-refractivity contribution in [3.8, 4) is 11.4 Å². The molecule has 100 valence electrons. The molecule has 0 amide bonds. The molecule has 0 bridgehead atoms. The lowest BCUT2D eigenvalue weighted by atomic mass is 10.3. The molecule has 1 aromatic heterocycles. The van der Waals surface area contributed by atoms with Crippen molar-refractivity contribution >= 4 is 33.7 Å². The summed E-state index contributed by atoms with van der Waals surface area (Å²) in [6, 6.07) is 5.39. The number of carboxylic acids is 1. The van der Waals surface area contributed by atoms with Gasteiger partial charge in [0, 0.05) is 4.47 Å². The second kappa shape index (κ2) is 6.02. The molecule has 1 aromatic carbocycles. The van der Waals surface area contributed by atoms with E-state index >= 15 is 0 Å². The summed E-state index contributed by atoms with van der Waals surface area (Å²) in [6.45, 7) is 0. The molecule has 7 nitrogen and oxygen atoms in total. The number of hydrogen-bond donors (Lipinski definition) is 1. The zero-order chi connectivity index (χ0) is 13.8. The molecule has 2 aromatic rings. The van der Waals surface area contributed by atoms with E-state index in [2.05, 4.69) is 31.5 Å². The number of methoxy groups -OCH3 is 1. The van der Waals surface area contributed by atoms with Gasteiger partial charge in [-0.3, -0.25) is 4.79 Å². The summed E-state index contributed by atoms with van der Waals surface area (Å²) in [4.78, 5) is 10.6. The van der Waals surface area contributed by atoms with E-state index in [0.29, 0.717) is 16.6 Å². The molecular weight excluding hydrogens is 336 g/mol. The summed E-state index contributed by atoms with van der Waals surface area (Å²) in [5.74, 6) is -0.454. The maximum Gasteiger partial charge on any atom is 0.313 e. The molecule has 1 N–H and O–H groups in total. The van der Waals surface area contributed by atoms with Gasteiger partial charge >= 0.3 is 5.97 Å². The van der Waals surface area contributed by atoms with Crippen LogP contribution in [0.2, 0.25) is 0 Å². The van der Waals surface area contributed by atoms with Crippen LogP contribution in [0.15, 0.2) is 27.8 Å². The SMILES string of the molecule is COc1ccc(Br)cc1-n1nnnc1SCC(=O)O. The molecule has 9 heteroatoms. The second-order valence-corrected chi connectivity index (χ2v) is 5.23. The number of rotatable bonds is 5. The number of thioether (sulfide) groups is 1. The van der Waals surface area contributed by atoms with E-state index in [9.17, 15) is 4.79 Å². The van der Waals surface area contributed by atoms with Crippen molar-refractivity contribution < 1.29 is 14.6 Å². The Morgan fingerprint density at radius 2 is 2.37 bits per heavy atom. The van der Waals surface area contributed by atoms with Crippen LogP contribution in [-0.4, -0.2) is 44.1 Å². The summed E-state index contributed by atoms with van der Waals surface area (Å²) in [6.07, 6.45) is 0. The minimum Gasteiger partial charge on any atom is -0.494 e. The molecular formula is C10H9BrN4O3S. The molecule has 2 rings (SSSR count). The van der Waals surface area contributed by atoms with Gasteiger partial charge in [0.1, 0.15) is 11.4 Å². The fraction of sp³-hybridized carbons (Fsp3) is 0.200. The number of carbonyl (C=O) groups is 1. The first-order valence-corrected chi connectivity index (χ1v) is 6.86. The summed E-state index contributed by atoms with van der Waals surface area (Å²) >= 11 is 4.40. The van der Waals surface area contributed by atoms with E-state index < -0.39 is 5.97 Å². The lowest BCUT2D eigenvalue weighted by molar-refractivity contribution is -0.133. The highest BCUT2D eigenvalue weighted by Crippen LogP contribution is 2.28. The fourth-order valence-corrected chi connectivity index (χ4v) is 2.33. The predicted molar refractivity (Wildman–Crippen MR) is 71.8 cm³/mol. The standard InChI is InChI=1S/C10H9BrN4O3S/c1-18-8-3-2-6(11)4-7(8)15-10(12-13-14-15)19-5-9(16)17/h2-4H,5H2,1H3,(H,16,17). The van der Waals surface area contributed by atoms with Gasteiger partial charge in [-0.1, -0.05) is 27.7 Å². The van der Waals surface area contributed by atoms with Gasteiger partial charge in [-0.05, 0) is 28.6 Å². The average Bonchev–Trinajstić information content (AvgIpc) is 2.84. The van der Waals surface area contributed by atoms with Crippen molar-refractivity contribution in [2.75, 3.05) is 12.9 Å². The topological polar surface area (TPSA) is 90.1 Å². The summed E-state index contributed by atoms with van der Waals surface area (Å²) < 4.78 is 7.52. The van der Waals surface area contributed by atoms with E-state index in [1.54, 1.807) is 19.2 Å². The number of carboxylic acid groups (broad SMARTS) is 1. The number of benzene rings is 1. The van der Waals surface area contributed by atoms with E-state index in [4.69, 9.17) is 9.84 Å². The third kappa shape index (κ3) is 3.24. The van der Waals surface area contributed by atoms with E-state index in [-0.39, 0.29) is 5.75 Å². The zero-order valence-corrected chi connectivity index (χ0v) is 12.2. The van der Waals surface area contributed by atoms with Crippen molar-refractivity contribution in [2.45, 2.75) is 5.16 Å². The van der Waals surface area contributed by atoms with Crippen molar-refractivity contribution in [2.24, 2.45) is 0 Å². The second-order valence-electron chi connectivity index (χ2n) is 3.37. The molecule has 0 saturated heterocycles. The maximum atomic E-state index is 10.6. The van der Waals surface area contributed by atoms with E-state index in [1.807, 2.05) is 6.07 Å². The van der Waals surface area contributed by atoms with Crippen LogP contribution < -0.4 is 4.74 Å². The number of aromatic nitrogens is 4. The van der Waals surface area contributed by atoms with Crippen LogP contribution in [0, 0.1) is 0 Å². The van der Waals surface area contributed by atoms with Gasteiger partial charge < -0.3 is 9.84 Å². The van der Waals surface area contributed by atoms with Crippen LogP contribution in [0.5, 0.6) is 5.75 Å². The lowest BCUT2D eigenvalue weighted by Crippen LogP contribution is -2.04. The molecule has 0 fully saturated rings. The number of ether oxygens (including phenoxy) is 1. The highest BCUT2D eigenvalue weighted by atomic mass is 79.9. The van der Waals surface area contributed by atoms with Crippen LogP contribution in [0.3, 0.4) is 0 Å². The minimum absolute atomic E-state index is 0.114. The zero-order valence-electron chi connectivity index (χ0n) is 9.78. The Morgan fingerprint density at radius 1 is 1.58 bits per heavy atom.